The minimum absolute atomic E-state index is 0.0439. The van der Waals surface area contributed by atoms with Gasteiger partial charge in [-0.1, -0.05) is 13.8 Å². The van der Waals surface area contributed by atoms with Crippen molar-refractivity contribution < 1.29 is 14.7 Å². The number of aromatic carboxylic acids is 1. The summed E-state index contributed by atoms with van der Waals surface area (Å²) in [7, 11) is 0. The molecule has 2 N–H and O–H groups in total. The highest BCUT2D eigenvalue weighted by Crippen LogP contribution is 2.07. The number of nitrogens with one attached hydrogen (secondary N) is 1. The number of nitrogens with zero attached hydrogens (tertiary/aromatic N) is 1. The maximum absolute atomic E-state index is 11.3. The fourth-order valence-corrected chi connectivity index (χ4v) is 0.881. The number of anilines is 1. The van der Waals surface area contributed by atoms with Crippen LogP contribution in [-0.2, 0) is 4.79 Å². The van der Waals surface area contributed by atoms with Crippen LogP contribution in [0.15, 0.2) is 18.3 Å². The van der Waals surface area contributed by atoms with Crippen molar-refractivity contribution in [3.8, 4) is 0 Å². The van der Waals surface area contributed by atoms with E-state index in [2.05, 4.69) is 10.3 Å². The van der Waals surface area contributed by atoms with E-state index >= 15 is 0 Å². The first-order valence-corrected chi connectivity index (χ1v) is 4.51. The standard InChI is InChI=1S/C10H12N2O3/c1-6(2)9(13)12-7-3-4-8(10(14)15)11-5-7/h3-6H,1-2H3,(H,12,13)(H,14,15). The van der Waals surface area contributed by atoms with Gasteiger partial charge in [-0.3, -0.25) is 4.79 Å². The van der Waals surface area contributed by atoms with Crippen LogP contribution in [0.5, 0.6) is 0 Å². The summed E-state index contributed by atoms with van der Waals surface area (Å²) < 4.78 is 0. The molecule has 0 spiro atoms. The van der Waals surface area contributed by atoms with Gasteiger partial charge >= 0.3 is 5.97 Å². The van der Waals surface area contributed by atoms with Crippen molar-refractivity contribution in [2.24, 2.45) is 5.92 Å². The van der Waals surface area contributed by atoms with Gasteiger partial charge in [-0.2, -0.15) is 0 Å². The van der Waals surface area contributed by atoms with Gasteiger partial charge in [0.1, 0.15) is 5.69 Å². The van der Waals surface area contributed by atoms with E-state index in [1.54, 1.807) is 13.8 Å². The molecule has 15 heavy (non-hydrogen) atoms. The Labute approximate surface area is 87.1 Å². The molecule has 5 nitrogen and oxygen atoms in total. The van der Waals surface area contributed by atoms with E-state index in [9.17, 15) is 9.59 Å². The summed E-state index contributed by atoms with van der Waals surface area (Å²) in [6.45, 7) is 3.54. The van der Waals surface area contributed by atoms with Gasteiger partial charge in [0.2, 0.25) is 5.91 Å². The highest BCUT2D eigenvalue weighted by atomic mass is 16.4. The molecule has 0 radical (unpaired) electrons. The second-order valence-corrected chi connectivity index (χ2v) is 3.38. The van der Waals surface area contributed by atoms with E-state index in [1.165, 1.54) is 18.3 Å². The predicted molar refractivity (Wildman–Crippen MR) is 54.7 cm³/mol. The molecule has 0 fully saturated rings. The van der Waals surface area contributed by atoms with E-state index in [-0.39, 0.29) is 17.5 Å². The number of amides is 1. The lowest BCUT2D eigenvalue weighted by Gasteiger charge is -2.06. The summed E-state index contributed by atoms with van der Waals surface area (Å²) in [5.74, 6) is -1.33. The van der Waals surface area contributed by atoms with Crippen molar-refractivity contribution in [3.63, 3.8) is 0 Å². The van der Waals surface area contributed by atoms with Crippen LogP contribution in [0.3, 0.4) is 0 Å². The molecule has 0 bridgehead atoms. The van der Waals surface area contributed by atoms with E-state index in [1.807, 2.05) is 0 Å². The molecule has 1 amide bonds. The number of carbonyl (C=O) groups is 2. The lowest BCUT2D eigenvalue weighted by molar-refractivity contribution is -0.118. The highest BCUT2D eigenvalue weighted by molar-refractivity contribution is 5.92. The normalized spacial score (nSPS) is 10.1. The minimum atomic E-state index is -1.09. The Morgan fingerprint density at radius 3 is 2.47 bits per heavy atom. The van der Waals surface area contributed by atoms with Crippen LogP contribution in [0.2, 0.25) is 0 Å². The molecule has 0 aliphatic heterocycles. The number of carboxylic acid groups (broad SMARTS) is 1. The molecule has 0 saturated heterocycles. The lowest BCUT2D eigenvalue weighted by atomic mass is 10.2. The number of rotatable bonds is 3. The summed E-state index contributed by atoms with van der Waals surface area (Å²) in [6, 6.07) is 2.86. The Hall–Kier alpha value is -1.91. The van der Waals surface area contributed by atoms with Gasteiger partial charge < -0.3 is 10.4 Å². The summed E-state index contributed by atoms with van der Waals surface area (Å²) in [6.07, 6.45) is 1.32. The van der Waals surface area contributed by atoms with Gasteiger partial charge in [0.25, 0.3) is 0 Å². The fraction of sp³-hybridized carbons (Fsp3) is 0.300. The second kappa shape index (κ2) is 4.54. The summed E-state index contributed by atoms with van der Waals surface area (Å²) in [5.41, 5.74) is 0.455. The van der Waals surface area contributed by atoms with Crippen LogP contribution >= 0.6 is 0 Å². The smallest absolute Gasteiger partial charge is 0.354 e. The quantitative estimate of drug-likeness (QED) is 0.786. The Bertz CT molecular complexity index is 371. The van der Waals surface area contributed by atoms with Crippen molar-refractivity contribution in [2.75, 3.05) is 5.32 Å². The highest BCUT2D eigenvalue weighted by Gasteiger charge is 2.08. The number of carboxylic acids is 1. The van der Waals surface area contributed by atoms with E-state index in [0.29, 0.717) is 5.69 Å². The average molecular weight is 208 g/mol. The summed E-state index contributed by atoms with van der Waals surface area (Å²) in [5, 5.41) is 11.2. The van der Waals surface area contributed by atoms with E-state index < -0.39 is 5.97 Å². The van der Waals surface area contributed by atoms with Gasteiger partial charge in [0.05, 0.1) is 11.9 Å². The third kappa shape index (κ3) is 3.05. The molecule has 5 heteroatoms. The predicted octanol–water partition coefficient (Wildman–Crippen LogP) is 1.37. The third-order valence-electron chi connectivity index (χ3n) is 1.77. The van der Waals surface area contributed by atoms with Gasteiger partial charge in [-0.25, -0.2) is 9.78 Å². The van der Waals surface area contributed by atoms with Crippen LogP contribution in [0.25, 0.3) is 0 Å². The Balaban J connectivity index is 2.73. The molecule has 1 aromatic heterocycles. The molecule has 0 saturated carbocycles. The van der Waals surface area contributed by atoms with Crippen LogP contribution in [0.4, 0.5) is 5.69 Å². The number of hydrogen-bond acceptors (Lipinski definition) is 3. The molecule has 80 valence electrons. The molecular weight excluding hydrogens is 196 g/mol. The van der Waals surface area contributed by atoms with E-state index in [0.717, 1.165) is 0 Å². The lowest BCUT2D eigenvalue weighted by Crippen LogP contribution is -2.17. The van der Waals surface area contributed by atoms with Crippen molar-refractivity contribution in [1.29, 1.82) is 0 Å². The zero-order valence-electron chi connectivity index (χ0n) is 8.52. The van der Waals surface area contributed by atoms with Crippen LogP contribution in [0.1, 0.15) is 24.3 Å². The largest absolute Gasteiger partial charge is 0.477 e. The zero-order valence-corrected chi connectivity index (χ0v) is 8.52. The topological polar surface area (TPSA) is 79.3 Å². The van der Waals surface area contributed by atoms with Gasteiger partial charge in [-0.05, 0) is 12.1 Å². The molecule has 0 unspecified atom stereocenters. The Kier molecular flexibility index (Phi) is 3.38. The maximum atomic E-state index is 11.3. The minimum Gasteiger partial charge on any atom is -0.477 e. The average Bonchev–Trinajstić information content (AvgIpc) is 2.18. The first kappa shape index (κ1) is 11.2. The van der Waals surface area contributed by atoms with E-state index in [4.69, 9.17) is 5.11 Å². The first-order chi connectivity index (χ1) is 7.00. The van der Waals surface area contributed by atoms with Gasteiger partial charge in [-0.15, -0.1) is 0 Å². The molecule has 1 rings (SSSR count). The number of carbonyl (C=O) groups excluding carboxylic acids is 1. The third-order valence-corrected chi connectivity index (χ3v) is 1.77. The fourth-order valence-electron chi connectivity index (χ4n) is 0.881. The Morgan fingerprint density at radius 2 is 2.07 bits per heavy atom. The Morgan fingerprint density at radius 1 is 1.40 bits per heavy atom. The monoisotopic (exact) mass is 208 g/mol. The zero-order chi connectivity index (χ0) is 11.4. The van der Waals surface area contributed by atoms with Crippen molar-refractivity contribution in [2.45, 2.75) is 13.8 Å². The SMILES string of the molecule is CC(C)C(=O)Nc1ccc(C(=O)O)nc1. The van der Waals surface area contributed by atoms with Gasteiger partial charge in [0.15, 0.2) is 0 Å². The molecule has 1 heterocycles. The summed E-state index contributed by atoms with van der Waals surface area (Å²) in [4.78, 5) is 25.4. The van der Waals surface area contributed by atoms with Crippen molar-refractivity contribution in [3.05, 3.63) is 24.0 Å². The second-order valence-electron chi connectivity index (χ2n) is 3.38. The molecule has 0 aromatic carbocycles. The summed E-state index contributed by atoms with van der Waals surface area (Å²) >= 11 is 0. The first-order valence-electron chi connectivity index (χ1n) is 4.51. The van der Waals surface area contributed by atoms with Crippen molar-refractivity contribution in [1.82, 2.24) is 4.98 Å². The molecule has 0 aliphatic carbocycles. The molecular formula is C10H12N2O3. The number of pyridine rings is 1. The number of hydrogen-bond donors (Lipinski definition) is 2. The molecule has 0 atom stereocenters. The van der Waals surface area contributed by atoms with Gasteiger partial charge in [0, 0.05) is 5.92 Å². The number of aromatic nitrogens is 1. The molecule has 0 aliphatic rings. The van der Waals surface area contributed by atoms with Crippen LogP contribution < -0.4 is 5.32 Å². The maximum Gasteiger partial charge on any atom is 0.354 e. The van der Waals surface area contributed by atoms with Crippen molar-refractivity contribution >= 4 is 17.6 Å². The van der Waals surface area contributed by atoms with Crippen LogP contribution in [0, 0.1) is 5.92 Å². The molecule has 1 aromatic rings. The van der Waals surface area contributed by atoms with Crippen LogP contribution in [-0.4, -0.2) is 22.0 Å².